The van der Waals surface area contributed by atoms with Gasteiger partial charge in [-0.25, -0.2) is 9.97 Å². The molecule has 4 aromatic rings. The number of hydrogen-bond acceptors (Lipinski definition) is 17. The highest BCUT2D eigenvalue weighted by Crippen LogP contribution is 2.10. The molecule has 0 aliphatic rings. The van der Waals surface area contributed by atoms with Crippen LogP contribution >= 0.6 is 0 Å². The fourth-order valence-electron chi connectivity index (χ4n) is 4.14. The molecule has 24 heteroatoms. The van der Waals surface area contributed by atoms with E-state index in [-0.39, 0.29) is 80.0 Å². The molecular weight excluding hydrogens is 724 g/mol. The first-order valence-corrected chi connectivity index (χ1v) is 15.8. The summed E-state index contributed by atoms with van der Waals surface area (Å²) in [6.07, 6.45) is 1.34. The topological polar surface area (TPSA) is 311 Å². The van der Waals surface area contributed by atoms with Gasteiger partial charge in [0.25, 0.3) is 16.7 Å². The number of carbonyl (C=O) groups excluding carboxylic acids is 6. The maximum absolute atomic E-state index is 12.3. The number of aromatic amines is 3. The molecule has 2 amide bonds. The Morgan fingerprint density at radius 1 is 0.722 bits per heavy atom. The van der Waals surface area contributed by atoms with Crippen molar-refractivity contribution in [2.24, 2.45) is 0 Å². The summed E-state index contributed by atoms with van der Waals surface area (Å²) in [5, 5.41) is 4.77. The van der Waals surface area contributed by atoms with Crippen molar-refractivity contribution < 1.29 is 61.8 Å². The van der Waals surface area contributed by atoms with Gasteiger partial charge in [-0.05, 0) is 0 Å². The molecule has 0 aliphatic carbocycles. The Labute approximate surface area is 303 Å². The molecule has 5 N–H and O–H groups in total. The van der Waals surface area contributed by atoms with Crippen LogP contribution < -0.4 is 26.3 Å². The van der Waals surface area contributed by atoms with Crippen molar-refractivity contribution in [3.63, 3.8) is 0 Å². The van der Waals surface area contributed by atoms with Gasteiger partial charge < -0.3 is 28.4 Å². The van der Waals surface area contributed by atoms with Gasteiger partial charge in [0.2, 0.25) is 30.0 Å². The highest BCUT2D eigenvalue weighted by atomic mass is 16.6. The number of rotatable bonds is 16. The zero-order chi connectivity index (χ0) is 39.9. The van der Waals surface area contributed by atoms with Crippen LogP contribution in [0.3, 0.4) is 0 Å². The Morgan fingerprint density at radius 2 is 1.20 bits per heavy atom. The highest BCUT2D eigenvalue weighted by molar-refractivity contribution is 5.88. The summed E-state index contributed by atoms with van der Waals surface area (Å²) in [6, 6.07) is 0. The van der Waals surface area contributed by atoms with E-state index in [1.165, 1.54) is 63.3 Å². The summed E-state index contributed by atoms with van der Waals surface area (Å²) in [5.41, 5.74) is -0.361. The smallest absolute Gasteiger partial charge is 0.304 e. The molecular formula is C30H39N10O14+. The SMILES string of the molecule is CC(=O)Nc1nc2[nH]c[n+](COC(COC(C)=O)COC(C)=O)c2c(=O)[nH]1.CC(=O)Nc1nc2c(ncn2COC(COC(C)=O)COC(C)=O)c(=O)[nH]1. The van der Waals surface area contributed by atoms with Crippen molar-refractivity contribution in [3.8, 4) is 0 Å². The van der Waals surface area contributed by atoms with Gasteiger partial charge >= 0.3 is 29.4 Å². The van der Waals surface area contributed by atoms with E-state index in [1.807, 2.05) is 0 Å². The quantitative estimate of drug-likeness (QED) is 0.0493. The molecule has 4 heterocycles. The third-order valence-corrected chi connectivity index (χ3v) is 6.39. The molecule has 4 rings (SSSR count). The molecule has 0 radical (unpaired) electrons. The Kier molecular flexibility index (Phi) is 15.4. The minimum absolute atomic E-state index is 0.0116. The van der Waals surface area contributed by atoms with Gasteiger partial charge in [-0.15, -0.1) is 0 Å². The lowest BCUT2D eigenvalue weighted by Gasteiger charge is -2.17. The maximum Gasteiger partial charge on any atom is 0.304 e. The molecule has 0 saturated heterocycles. The number of amides is 2. The van der Waals surface area contributed by atoms with E-state index in [1.54, 1.807) is 0 Å². The summed E-state index contributed by atoms with van der Waals surface area (Å²) >= 11 is 0. The predicted octanol–water partition coefficient (Wildman–Crippen LogP) is -1.49. The van der Waals surface area contributed by atoms with E-state index < -0.39 is 53.1 Å². The van der Waals surface area contributed by atoms with Crippen LogP contribution in [0.1, 0.15) is 41.5 Å². The summed E-state index contributed by atoms with van der Waals surface area (Å²) in [4.78, 5) is 110. The van der Waals surface area contributed by atoms with Gasteiger partial charge in [0, 0.05) is 41.5 Å². The standard InChI is InChI=1S/2C15H19N5O7/c1-8(21)17-15-18-13-12(14(24)19-15)20(6-16-13)7-27-11(4-25-9(2)22)5-26-10(3)23;1-8(21)17-15-18-13-12(14(24)19-15)16-6-20(13)7-27-11(4-25-9(2)22)5-26-10(3)23/h2*6,11H,4-5,7H2,1-3H3,(H2,17,18,19,21,24)/p+1. The Morgan fingerprint density at radius 3 is 1.70 bits per heavy atom. The zero-order valence-electron chi connectivity index (χ0n) is 30.0. The maximum atomic E-state index is 12.3. The monoisotopic (exact) mass is 763 g/mol. The van der Waals surface area contributed by atoms with Gasteiger partial charge in [-0.1, -0.05) is 0 Å². The number of hydrogen-bond donors (Lipinski definition) is 5. The van der Waals surface area contributed by atoms with Gasteiger partial charge in [0.1, 0.15) is 45.4 Å². The number of fused-ring (bicyclic) bond motifs is 2. The van der Waals surface area contributed by atoms with Crippen molar-refractivity contribution in [1.29, 1.82) is 0 Å². The van der Waals surface area contributed by atoms with Crippen molar-refractivity contribution in [1.82, 2.24) is 34.5 Å². The third kappa shape index (κ3) is 13.5. The fourth-order valence-corrected chi connectivity index (χ4v) is 4.14. The summed E-state index contributed by atoms with van der Waals surface area (Å²) in [5.74, 6) is -2.81. The molecule has 54 heavy (non-hydrogen) atoms. The van der Waals surface area contributed by atoms with Crippen molar-refractivity contribution in [2.45, 2.75) is 67.2 Å². The molecule has 0 aromatic carbocycles. The number of esters is 4. The van der Waals surface area contributed by atoms with Crippen LogP contribution in [0.4, 0.5) is 11.9 Å². The van der Waals surface area contributed by atoms with E-state index in [2.05, 4.69) is 40.5 Å². The van der Waals surface area contributed by atoms with E-state index >= 15 is 0 Å². The fraction of sp³-hybridized carbons (Fsp3) is 0.467. The van der Waals surface area contributed by atoms with Gasteiger partial charge in [-0.2, -0.15) is 14.5 Å². The van der Waals surface area contributed by atoms with Crippen LogP contribution in [0.25, 0.3) is 22.3 Å². The zero-order valence-corrected chi connectivity index (χ0v) is 30.0. The minimum Gasteiger partial charge on any atom is -0.463 e. The van der Waals surface area contributed by atoms with Crippen LogP contribution in [-0.2, 0) is 70.7 Å². The second-order valence-corrected chi connectivity index (χ2v) is 11.1. The molecule has 0 fully saturated rings. The Balaban J connectivity index is 0.000000290. The number of ether oxygens (including phenoxy) is 6. The summed E-state index contributed by atoms with van der Waals surface area (Å²) < 4.78 is 33.5. The normalized spacial score (nSPS) is 10.8. The van der Waals surface area contributed by atoms with Crippen LogP contribution in [0.15, 0.2) is 22.2 Å². The number of nitrogens with one attached hydrogen (secondary N) is 5. The number of H-pyrrole nitrogens is 3. The minimum atomic E-state index is -0.730. The van der Waals surface area contributed by atoms with Crippen molar-refractivity contribution in [3.05, 3.63) is 33.4 Å². The van der Waals surface area contributed by atoms with E-state index in [4.69, 9.17) is 28.4 Å². The largest absolute Gasteiger partial charge is 0.463 e. The number of anilines is 2. The van der Waals surface area contributed by atoms with Gasteiger partial charge in [-0.3, -0.25) is 63.5 Å². The summed E-state index contributed by atoms with van der Waals surface area (Å²) in [6.45, 7) is 6.85. The van der Waals surface area contributed by atoms with Gasteiger partial charge in [0.05, 0.1) is 6.33 Å². The van der Waals surface area contributed by atoms with E-state index in [9.17, 15) is 38.4 Å². The molecule has 24 nitrogen and oxygen atoms in total. The van der Waals surface area contributed by atoms with Crippen molar-refractivity contribution in [2.75, 3.05) is 37.1 Å². The molecule has 0 bridgehead atoms. The number of imidazole rings is 2. The Bertz CT molecular complexity index is 2070. The second-order valence-electron chi connectivity index (χ2n) is 11.1. The van der Waals surface area contributed by atoms with Gasteiger partial charge in [0.15, 0.2) is 17.9 Å². The predicted molar refractivity (Wildman–Crippen MR) is 180 cm³/mol. The molecule has 0 saturated carbocycles. The molecule has 292 valence electrons. The number of aromatic nitrogens is 8. The molecule has 0 aliphatic heterocycles. The van der Waals surface area contributed by atoms with Crippen molar-refractivity contribution >= 4 is 69.9 Å². The molecule has 0 atom stereocenters. The first-order valence-electron chi connectivity index (χ1n) is 15.8. The lowest BCUT2D eigenvalue weighted by Crippen LogP contribution is -2.41. The number of nitrogens with zero attached hydrogens (tertiary/aromatic N) is 5. The lowest BCUT2D eigenvalue weighted by molar-refractivity contribution is -0.712. The first-order chi connectivity index (χ1) is 25.5. The van der Waals surface area contributed by atoms with Crippen LogP contribution in [0.2, 0.25) is 0 Å². The third-order valence-electron chi connectivity index (χ3n) is 6.39. The molecule has 4 aromatic heterocycles. The second kappa shape index (κ2) is 19.9. The van der Waals surface area contributed by atoms with Crippen LogP contribution in [0, 0.1) is 0 Å². The van der Waals surface area contributed by atoms with E-state index in [0.29, 0.717) is 0 Å². The van der Waals surface area contributed by atoms with Crippen LogP contribution in [0.5, 0.6) is 0 Å². The average molecular weight is 764 g/mol. The Hall–Kier alpha value is -6.56. The first kappa shape index (κ1) is 41.9. The molecule has 0 spiro atoms. The molecule has 0 unspecified atom stereocenters. The lowest BCUT2D eigenvalue weighted by atomic mass is 10.4. The average Bonchev–Trinajstić information content (AvgIpc) is 3.67. The van der Waals surface area contributed by atoms with E-state index in [0.717, 1.165) is 0 Å². The highest BCUT2D eigenvalue weighted by Gasteiger charge is 2.21. The summed E-state index contributed by atoms with van der Waals surface area (Å²) in [7, 11) is 0. The number of carbonyl (C=O) groups is 6. The van der Waals surface area contributed by atoms with Crippen LogP contribution in [-0.4, -0.2) is 109 Å².